The van der Waals surface area contributed by atoms with Crippen LogP contribution in [0, 0.1) is 0 Å². The zero-order chi connectivity index (χ0) is 10.1. The van der Waals surface area contributed by atoms with Crippen molar-refractivity contribution in [3.05, 3.63) is 29.8 Å². The standard InChI is InChI=1S/C13H17NO/c1-2-4-13(15-11-5-6-11)12(3-1)10-7-8-14-9-10/h1-4,10-11,14H,5-9H2. The smallest absolute Gasteiger partial charge is 0.123 e. The van der Waals surface area contributed by atoms with Crippen LogP contribution in [-0.4, -0.2) is 19.2 Å². The highest BCUT2D eigenvalue weighted by Gasteiger charge is 2.26. The van der Waals surface area contributed by atoms with Gasteiger partial charge in [-0.3, -0.25) is 0 Å². The molecule has 0 aromatic heterocycles. The van der Waals surface area contributed by atoms with E-state index in [1.54, 1.807) is 0 Å². The normalized spacial score (nSPS) is 25.5. The first-order valence-electron chi connectivity index (χ1n) is 5.90. The van der Waals surface area contributed by atoms with Gasteiger partial charge in [-0.15, -0.1) is 0 Å². The lowest BCUT2D eigenvalue weighted by Gasteiger charge is -2.15. The summed E-state index contributed by atoms with van der Waals surface area (Å²) in [7, 11) is 0. The van der Waals surface area contributed by atoms with Gasteiger partial charge in [-0.2, -0.15) is 0 Å². The number of nitrogens with one attached hydrogen (secondary N) is 1. The Kier molecular flexibility index (Phi) is 2.37. The van der Waals surface area contributed by atoms with Crippen molar-refractivity contribution >= 4 is 0 Å². The number of para-hydroxylation sites is 1. The van der Waals surface area contributed by atoms with Crippen LogP contribution in [0.2, 0.25) is 0 Å². The second-order valence-electron chi connectivity index (χ2n) is 4.54. The second-order valence-corrected chi connectivity index (χ2v) is 4.54. The third-order valence-corrected chi connectivity index (χ3v) is 3.24. The molecule has 1 aliphatic heterocycles. The Bertz CT molecular complexity index is 340. The summed E-state index contributed by atoms with van der Waals surface area (Å²) in [5.41, 5.74) is 1.40. The van der Waals surface area contributed by atoms with Gasteiger partial charge >= 0.3 is 0 Å². The molecule has 0 amide bonds. The van der Waals surface area contributed by atoms with Crippen LogP contribution in [0.3, 0.4) is 0 Å². The molecule has 0 bridgehead atoms. The van der Waals surface area contributed by atoms with Crippen molar-refractivity contribution in [3.8, 4) is 5.75 Å². The average Bonchev–Trinajstić information content (AvgIpc) is 2.93. The summed E-state index contributed by atoms with van der Waals surface area (Å²) >= 11 is 0. The molecule has 1 heterocycles. The van der Waals surface area contributed by atoms with Crippen LogP contribution in [0.4, 0.5) is 0 Å². The maximum atomic E-state index is 5.94. The summed E-state index contributed by atoms with van der Waals surface area (Å²) in [6, 6.07) is 8.53. The molecule has 0 spiro atoms. The molecule has 1 saturated heterocycles. The van der Waals surface area contributed by atoms with Gasteiger partial charge in [-0.25, -0.2) is 0 Å². The van der Waals surface area contributed by atoms with E-state index in [4.69, 9.17) is 4.74 Å². The molecule has 0 radical (unpaired) electrons. The molecule has 2 fully saturated rings. The quantitative estimate of drug-likeness (QED) is 0.814. The predicted octanol–water partition coefficient (Wildman–Crippen LogP) is 2.30. The Morgan fingerprint density at radius 1 is 1.13 bits per heavy atom. The minimum Gasteiger partial charge on any atom is -0.490 e. The Morgan fingerprint density at radius 2 is 2.00 bits per heavy atom. The number of benzene rings is 1. The molecule has 1 unspecified atom stereocenters. The number of rotatable bonds is 3. The van der Waals surface area contributed by atoms with Crippen LogP contribution in [-0.2, 0) is 0 Å². The van der Waals surface area contributed by atoms with E-state index >= 15 is 0 Å². The minimum atomic E-state index is 0.500. The van der Waals surface area contributed by atoms with E-state index in [1.165, 1.54) is 24.8 Å². The van der Waals surface area contributed by atoms with Gasteiger partial charge in [0.25, 0.3) is 0 Å². The van der Waals surface area contributed by atoms with Crippen LogP contribution >= 0.6 is 0 Å². The molecular weight excluding hydrogens is 186 g/mol. The lowest BCUT2D eigenvalue weighted by Crippen LogP contribution is -2.09. The second kappa shape index (κ2) is 3.86. The van der Waals surface area contributed by atoms with Gasteiger partial charge in [0.2, 0.25) is 0 Å². The largest absolute Gasteiger partial charge is 0.490 e. The molecule has 2 nitrogen and oxygen atoms in total. The monoisotopic (exact) mass is 203 g/mol. The molecule has 2 aliphatic rings. The zero-order valence-electron chi connectivity index (χ0n) is 8.91. The zero-order valence-corrected chi connectivity index (χ0v) is 8.91. The Labute approximate surface area is 90.6 Å². The van der Waals surface area contributed by atoms with Crippen LogP contribution in [0.5, 0.6) is 5.75 Å². The number of hydrogen-bond acceptors (Lipinski definition) is 2. The molecule has 15 heavy (non-hydrogen) atoms. The fourth-order valence-corrected chi connectivity index (χ4v) is 2.21. The van der Waals surface area contributed by atoms with Crippen LogP contribution < -0.4 is 10.1 Å². The first kappa shape index (κ1) is 9.22. The van der Waals surface area contributed by atoms with Gasteiger partial charge in [-0.1, -0.05) is 18.2 Å². The van der Waals surface area contributed by atoms with Gasteiger partial charge in [0.15, 0.2) is 0 Å². The van der Waals surface area contributed by atoms with Crippen molar-refractivity contribution in [2.45, 2.75) is 31.3 Å². The maximum absolute atomic E-state index is 5.94. The molecule has 80 valence electrons. The van der Waals surface area contributed by atoms with Gasteiger partial charge in [-0.05, 0) is 37.4 Å². The Balaban J connectivity index is 1.83. The van der Waals surface area contributed by atoms with Crippen LogP contribution in [0.1, 0.15) is 30.7 Å². The summed E-state index contributed by atoms with van der Waals surface area (Å²) in [5.74, 6) is 1.77. The SMILES string of the molecule is c1ccc(C2CCNC2)c(OC2CC2)c1. The van der Waals surface area contributed by atoms with E-state index in [1.807, 2.05) is 0 Å². The van der Waals surface area contributed by atoms with Gasteiger partial charge in [0, 0.05) is 12.5 Å². The molecule has 1 atom stereocenters. The third-order valence-electron chi connectivity index (χ3n) is 3.24. The molecule has 1 aromatic rings. The van der Waals surface area contributed by atoms with E-state index in [0.29, 0.717) is 12.0 Å². The number of ether oxygens (including phenoxy) is 1. The molecule has 2 heteroatoms. The summed E-state index contributed by atoms with van der Waals surface area (Å²) in [4.78, 5) is 0. The summed E-state index contributed by atoms with van der Waals surface area (Å²) in [6.45, 7) is 2.24. The topological polar surface area (TPSA) is 21.3 Å². The highest BCUT2D eigenvalue weighted by molar-refractivity contribution is 5.37. The van der Waals surface area contributed by atoms with Crippen molar-refractivity contribution in [3.63, 3.8) is 0 Å². The van der Waals surface area contributed by atoms with E-state index in [-0.39, 0.29) is 0 Å². The highest BCUT2D eigenvalue weighted by atomic mass is 16.5. The van der Waals surface area contributed by atoms with Crippen molar-refractivity contribution in [2.75, 3.05) is 13.1 Å². The predicted molar refractivity (Wildman–Crippen MR) is 60.3 cm³/mol. The van der Waals surface area contributed by atoms with Gasteiger partial charge in [0.1, 0.15) is 5.75 Å². The lowest BCUT2D eigenvalue weighted by molar-refractivity contribution is 0.298. The highest BCUT2D eigenvalue weighted by Crippen LogP contribution is 2.34. The summed E-state index contributed by atoms with van der Waals surface area (Å²) in [5, 5.41) is 3.41. The molecule has 1 saturated carbocycles. The van der Waals surface area contributed by atoms with Gasteiger partial charge < -0.3 is 10.1 Å². The molecule has 1 aromatic carbocycles. The molecule has 1 N–H and O–H groups in total. The Morgan fingerprint density at radius 3 is 2.73 bits per heavy atom. The fraction of sp³-hybridized carbons (Fsp3) is 0.538. The van der Waals surface area contributed by atoms with Crippen molar-refractivity contribution in [1.29, 1.82) is 0 Å². The van der Waals surface area contributed by atoms with Crippen LogP contribution in [0.25, 0.3) is 0 Å². The van der Waals surface area contributed by atoms with E-state index < -0.39 is 0 Å². The Hall–Kier alpha value is -1.02. The van der Waals surface area contributed by atoms with Crippen molar-refractivity contribution in [1.82, 2.24) is 5.32 Å². The lowest BCUT2D eigenvalue weighted by atomic mass is 9.97. The van der Waals surface area contributed by atoms with E-state index in [2.05, 4.69) is 29.6 Å². The van der Waals surface area contributed by atoms with Gasteiger partial charge in [0.05, 0.1) is 6.10 Å². The number of hydrogen-bond donors (Lipinski definition) is 1. The average molecular weight is 203 g/mol. The van der Waals surface area contributed by atoms with Crippen molar-refractivity contribution < 1.29 is 4.74 Å². The molecule has 1 aliphatic carbocycles. The van der Waals surface area contributed by atoms with Crippen LogP contribution in [0.15, 0.2) is 24.3 Å². The summed E-state index contributed by atoms with van der Waals surface area (Å²) < 4.78 is 5.94. The first-order valence-corrected chi connectivity index (χ1v) is 5.90. The maximum Gasteiger partial charge on any atom is 0.123 e. The third kappa shape index (κ3) is 2.00. The first-order chi connectivity index (χ1) is 7.43. The molecule has 3 rings (SSSR count). The fourth-order valence-electron chi connectivity index (χ4n) is 2.21. The summed E-state index contributed by atoms with van der Waals surface area (Å²) in [6.07, 6.45) is 4.21. The molecular formula is C13H17NO. The van der Waals surface area contributed by atoms with E-state index in [9.17, 15) is 0 Å². The van der Waals surface area contributed by atoms with E-state index in [0.717, 1.165) is 18.8 Å². The minimum absolute atomic E-state index is 0.500. The van der Waals surface area contributed by atoms with Crippen molar-refractivity contribution in [2.24, 2.45) is 0 Å².